The summed E-state index contributed by atoms with van der Waals surface area (Å²) in [6.45, 7) is 2.30. The molecule has 136 valence electrons. The van der Waals surface area contributed by atoms with Crippen molar-refractivity contribution < 1.29 is 9.59 Å². The van der Waals surface area contributed by atoms with E-state index in [1.165, 1.54) is 0 Å². The number of halogens is 1. The normalized spacial score (nSPS) is 25.2. The molecule has 8 heteroatoms. The first-order chi connectivity index (χ1) is 12.1. The molecule has 2 aliphatic rings. The number of hydrogen-bond acceptors (Lipinski definition) is 5. The molecule has 1 aromatic carbocycles. The number of carbonyl (C=O) groups is 2. The molecule has 2 heterocycles. The van der Waals surface area contributed by atoms with Crippen molar-refractivity contribution in [2.45, 2.75) is 31.3 Å². The summed E-state index contributed by atoms with van der Waals surface area (Å²) >= 11 is 5.81. The second-order valence-corrected chi connectivity index (χ2v) is 6.92. The van der Waals surface area contributed by atoms with Crippen molar-refractivity contribution in [2.75, 3.05) is 25.0 Å². The molecule has 0 saturated carbocycles. The smallest absolute Gasteiger partial charge is 0.238 e. The van der Waals surface area contributed by atoms with Crippen LogP contribution in [0.1, 0.15) is 19.3 Å². The quantitative estimate of drug-likeness (QED) is 0.477. The van der Waals surface area contributed by atoms with Gasteiger partial charge in [-0.25, -0.2) is 5.43 Å². The van der Waals surface area contributed by atoms with Gasteiger partial charge in [-0.15, -0.1) is 0 Å². The lowest BCUT2D eigenvalue weighted by molar-refractivity contribution is -0.124. The number of anilines is 1. The Morgan fingerprint density at radius 3 is 2.80 bits per heavy atom. The predicted octanol–water partition coefficient (Wildman–Crippen LogP) is 0.629. The minimum atomic E-state index is -0.222. The van der Waals surface area contributed by atoms with Crippen LogP contribution in [-0.4, -0.2) is 43.5 Å². The van der Waals surface area contributed by atoms with E-state index in [2.05, 4.69) is 26.8 Å². The highest BCUT2D eigenvalue weighted by Gasteiger charge is 2.40. The van der Waals surface area contributed by atoms with Crippen molar-refractivity contribution in [3.05, 3.63) is 29.3 Å². The molecule has 1 aromatic rings. The van der Waals surface area contributed by atoms with Crippen LogP contribution in [0.3, 0.4) is 0 Å². The molecule has 0 spiro atoms. The average molecular weight is 366 g/mol. The largest absolute Gasteiger partial charge is 0.355 e. The van der Waals surface area contributed by atoms with Crippen molar-refractivity contribution in [3.8, 4) is 0 Å². The number of fused-ring (bicyclic) bond motifs is 1. The maximum Gasteiger partial charge on any atom is 0.238 e. The van der Waals surface area contributed by atoms with Gasteiger partial charge >= 0.3 is 0 Å². The molecule has 2 aliphatic heterocycles. The lowest BCUT2D eigenvalue weighted by Gasteiger charge is -2.27. The van der Waals surface area contributed by atoms with Gasteiger partial charge in [0.15, 0.2) is 0 Å². The lowest BCUT2D eigenvalue weighted by Crippen LogP contribution is -2.49. The lowest BCUT2D eigenvalue weighted by atomic mass is 9.89. The average Bonchev–Trinajstić information content (AvgIpc) is 3.05. The number of piperidine rings is 1. The first-order valence-electron chi connectivity index (χ1n) is 8.68. The Morgan fingerprint density at radius 1 is 1.20 bits per heavy atom. The summed E-state index contributed by atoms with van der Waals surface area (Å²) < 4.78 is 0. The fraction of sp³-hybridized carbons (Fsp3) is 0.529. The van der Waals surface area contributed by atoms with Gasteiger partial charge in [-0.3, -0.25) is 15.0 Å². The minimum absolute atomic E-state index is 0.0122. The number of nitrogens with one attached hydrogen (secondary N) is 5. The van der Waals surface area contributed by atoms with Crippen LogP contribution in [-0.2, 0) is 9.59 Å². The van der Waals surface area contributed by atoms with E-state index in [-0.39, 0.29) is 23.8 Å². The summed E-state index contributed by atoms with van der Waals surface area (Å²) in [6, 6.07) is 7.11. The van der Waals surface area contributed by atoms with Crippen LogP contribution in [0, 0.1) is 5.92 Å². The Bertz CT molecular complexity index is 610. The highest BCUT2D eigenvalue weighted by Crippen LogP contribution is 2.20. The molecule has 3 unspecified atom stereocenters. The van der Waals surface area contributed by atoms with Crippen LogP contribution in [0.2, 0.25) is 5.02 Å². The van der Waals surface area contributed by atoms with Gasteiger partial charge in [-0.1, -0.05) is 11.6 Å². The maximum absolute atomic E-state index is 12.3. The highest BCUT2D eigenvalue weighted by molar-refractivity contribution is 6.30. The van der Waals surface area contributed by atoms with E-state index in [1.807, 2.05) is 0 Å². The molecular weight excluding hydrogens is 342 g/mol. The van der Waals surface area contributed by atoms with Crippen LogP contribution in [0.15, 0.2) is 24.3 Å². The maximum atomic E-state index is 12.3. The zero-order chi connectivity index (χ0) is 17.6. The molecule has 2 amide bonds. The summed E-state index contributed by atoms with van der Waals surface area (Å²) in [5, 5.41) is 9.69. The van der Waals surface area contributed by atoms with E-state index < -0.39 is 0 Å². The van der Waals surface area contributed by atoms with E-state index in [0.717, 1.165) is 25.2 Å². The summed E-state index contributed by atoms with van der Waals surface area (Å²) in [5.74, 6) is 0.178. The van der Waals surface area contributed by atoms with E-state index in [0.29, 0.717) is 30.5 Å². The molecular formula is C17H24ClN5O2. The molecule has 2 saturated heterocycles. The van der Waals surface area contributed by atoms with Crippen LogP contribution in [0.4, 0.5) is 5.69 Å². The molecule has 3 atom stereocenters. The van der Waals surface area contributed by atoms with E-state index in [4.69, 9.17) is 11.6 Å². The van der Waals surface area contributed by atoms with Crippen molar-refractivity contribution in [2.24, 2.45) is 5.92 Å². The molecule has 0 aliphatic carbocycles. The third kappa shape index (κ3) is 4.92. The zero-order valence-electron chi connectivity index (χ0n) is 14.0. The zero-order valence-corrected chi connectivity index (χ0v) is 14.7. The van der Waals surface area contributed by atoms with E-state index in [1.54, 1.807) is 24.3 Å². The fourth-order valence-corrected chi connectivity index (χ4v) is 3.43. The summed E-state index contributed by atoms with van der Waals surface area (Å²) in [6.07, 6.45) is 1.97. The molecule has 7 nitrogen and oxygen atoms in total. The molecule has 0 bridgehead atoms. The van der Waals surface area contributed by atoms with Gasteiger partial charge < -0.3 is 16.0 Å². The van der Waals surface area contributed by atoms with Gasteiger partial charge in [0.1, 0.15) is 6.04 Å². The highest BCUT2D eigenvalue weighted by atomic mass is 35.5. The van der Waals surface area contributed by atoms with Gasteiger partial charge in [0.2, 0.25) is 11.8 Å². The second kappa shape index (κ2) is 8.62. The number of carbonyl (C=O) groups excluding carboxylic acids is 2. The first kappa shape index (κ1) is 18.1. The van der Waals surface area contributed by atoms with Crippen molar-refractivity contribution in [1.29, 1.82) is 0 Å². The van der Waals surface area contributed by atoms with Crippen LogP contribution >= 0.6 is 11.6 Å². The number of rotatable bonds is 6. The minimum Gasteiger partial charge on any atom is -0.355 e. The molecule has 3 rings (SSSR count). The van der Waals surface area contributed by atoms with Crippen LogP contribution < -0.4 is 26.8 Å². The van der Waals surface area contributed by atoms with Crippen molar-refractivity contribution >= 4 is 29.1 Å². The number of amides is 2. The molecule has 0 aromatic heterocycles. The predicted molar refractivity (Wildman–Crippen MR) is 97.1 cm³/mol. The van der Waals surface area contributed by atoms with Gasteiger partial charge in [0.25, 0.3) is 0 Å². The van der Waals surface area contributed by atoms with Gasteiger partial charge in [-0.2, -0.15) is 0 Å². The Kier molecular flexibility index (Phi) is 6.25. The summed E-state index contributed by atoms with van der Waals surface area (Å²) in [4.78, 5) is 24.2. The Hall–Kier alpha value is -1.67. The summed E-state index contributed by atoms with van der Waals surface area (Å²) in [7, 11) is 0. The van der Waals surface area contributed by atoms with Crippen molar-refractivity contribution in [3.63, 3.8) is 0 Å². The standard InChI is InChI=1S/C17H24ClN5O2/c18-11-3-5-12(6-4-11)21-15(24)2-1-8-20-17(25)16-13-10-19-9-7-14(13)22-23-16/h3-6,13-14,16,19,22-23H,1-2,7-10H2,(H,20,25)(H,21,24). The second-order valence-electron chi connectivity index (χ2n) is 6.48. The van der Waals surface area contributed by atoms with Crippen LogP contribution in [0.5, 0.6) is 0 Å². The van der Waals surface area contributed by atoms with E-state index >= 15 is 0 Å². The van der Waals surface area contributed by atoms with Crippen molar-refractivity contribution in [1.82, 2.24) is 21.5 Å². The van der Waals surface area contributed by atoms with Crippen LogP contribution in [0.25, 0.3) is 0 Å². The SMILES string of the molecule is O=C(CCCNC(=O)C1NNC2CCNCC21)Nc1ccc(Cl)cc1. The molecule has 5 N–H and O–H groups in total. The van der Waals surface area contributed by atoms with E-state index in [9.17, 15) is 9.59 Å². The Morgan fingerprint density at radius 2 is 2.00 bits per heavy atom. The van der Waals surface area contributed by atoms with Gasteiger partial charge in [0, 0.05) is 42.2 Å². The molecule has 0 radical (unpaired) electrons. The molecule has 25 heavy (non-hydrogen) atoms. The van der Waals surface area contributed by atoms with Gasteiger partial charge in [0.05, 0.1) is 0 Å². The van der Waals surface area contributed by atoms with Gasteiger partial charge in [-0.05, 0) is 43.7 Å². The fourth-order valence-electron chi connectivity index (χ4n) is 3.30. The first-order valence-corrected chi connectivity index (χ1v) is 9.06. The summed E-state index contributed by atoms with van der Waals surface area (Å²) in [5.41, 5.74) is 7.02. The third-order valence-corrected chi connectivity index (χ3v) is 4.92. The monoisotopic (exact) mass is 365 g/mol. The third-order valence-electron chi connectivity index (χ3n) is 4.67. The number of benzene rings is 1. The Labute approximate surface area is 152 Å². The topological polar surface area (TPSA) is 94.3 Å². The Balaban J connectivity index is 1.34. The number of hydrazine groups is 1. The number of hydrogen-bond donors (Lipinski definition) is 5. The molecule has 2 fully saturated rings.